The highest BCUT2D eigenvalue weighted by Gasteiger charge is 2.45. The number of nitriles is 1. The summed E-state index contributed by atoms with van der Waals surface area (Å²) < 4.78 is 1.72. The molecule has 1 heterocycles. The number of aromatic nitrogens is 2. The Morgan fingerprint density at radius 1 is 1.40 bits per heavy atom. The van der Waals surface area contributed by atoms with Gasteiger partial charge in [-0.05, 0) is 49.4 Å². The standard InChI is InChI=1S/C19H20N4O2/c1-12-9-21-23(10-12)17-15(8-16(17)24)22-18(25)13-2-4-14(5-3-13)19(11-20)6-7-19/h2-5,9-10,15-17,24H,6-8H2,1H3,(H,22,25)/t15-,16+,17+/m0/s1. The SMILES string of the molecule is Cc1cnn([C@H]2[C@H](O)C[C@@H]2NC(=O)c2ccc(C3(C#N)CC3)cc2)c1. The van der Waals surface area contributed by atoms with E-state index >= 15 is 0 Å². The fourth-order valence-electron chi connectivity index (χ4n) is 3.49. The van der Waals surface area contributed by atoms with Crippen molar-refractivity contribution in [2.75, 3.05) is 0 Å². The van der Waals surface area contributed by atoms with Gasteiger partial charge in [0.05, 0.1) is 35.9 Å². The quantitative estimate of drug-likeness (QED) is 0.891. The number of hydrogen-bond donors (Lipinski definition) is 2. The molecule has 6 nitrogen and oxygen atoms in total. The van der Waals surface area contributed by atoms with E-state index in [-0.39, 0.29) is 23.4 Å². The van der Waals surface area contributed by atoms with Gasteiger partial charge in [-0.2, -0.15) is 10.4 Å². The maximum atomic E-state index is 12.5. The molecule has 1 aromatic heterocycles. The summed E-state index contributed by atoms with van der Waals surface area (Å²) in [7, 11) is 0. The second-order valence-corrected chi connectivity index (χ2v) is 7.14. The molecule has 1 amide bonds. The van der Waals surface area contributed by atoms with Crippen molar-refractivity contribution in [2.45, 2.75) is 49.8 Å². The van der Waals surface area contributed by atoms with E-state index in [1.54, 1.807) is 23.0 Å². The number of hydrogen-bond acceptors (Lipinski definition) is 4. The van der Waals surface area contributed by atoms with E-state index in [1.807, 2.05) is 25.3 Å². The first kappa shape index (κ1) is 15.9. The molecule has 3 atom stereocenters. The second-order valence-electron chi connectivity index (χ2n) is 7.14. The number of rotatable bonds is 4. The van der Waals surface area contributed by atoms with Crippen LogP contribution in [-0.2, 0) is 5.41 Å². The van der Waals surface area contributed by atoms with Crippen LogP contribution in [0.15, 0.2) is 36.7 Å². The Balaban J connectivity index is 1.44. The van der Waals surface area contributed by atoms with Crippen LogP contribution in [0.2, 0.25) is 0 Å². The summed E-state index contributed by atoms with van der Waals surface area (Å²) in [6, 6.07) is 9.26. The number of carbonyl (C=O) groups excluding carboxylic acids is 1. The molecule has 0 unspecified atom stereocenters. The van der Waals surface area contributed by atoms with Crippen LogP contribution < -0.4 is 5.32 Å². The molecule has 1 aromatic carbocycles. The summed E-state index contributed by atoms with van der Waals surface area (Å²) in [5, 5.41) is 26.5. The minimum absolute atomic E-state index is 0.143. The summed E-state index contributed by atoms with van der Waals surface area (Å²) in [6.07, 6.45) is 5.41. The van der Waals surface area contributed by atoms with E-state index in [0.717, 1.165) is 24.0 Å². The lowest BCUT2D eigenvalue weighted by Crippen LogP contribution is -2.56. The molecule has 2 aliphatic carbocycles. The molecule has 0 spiro atoms. The predicted molar refractivity (Wildman–Crippen MR) is 90.8 cm³/mol. The minimum Gasteiger partial charge on any atom is -0.391 e. The molecule has 2 aliphatic rings. The van der Waals surface area contributed by atoms with Crippen LogP contribution in [0.5, 0.6) is 0 Å². The Bertz CT molecular complexity index is 845. The molecule has 128 valence electrons. The van der Waals surface area contributed by atoms with Crippen molar-refractivity contribution in [2.24, 2.45) is 0 Å². The summed E-state index contributed by atoms with van der Waals surface area (Å²) >= 11 is 0. The van der Waals surface area contributed by atoms with Gasteiger partial charge in [-0.1, -0.05) is 12.1 Å². The largest absolute Gasteiger partial charge is 0.391 e. The monoisotopic (exact) mass is 336 g/mol. The van der Waals surface area contributed by atoms with Gasteiger partial charge >= 0.3 is 0 Å². The highest BCUT2D eigenvalue weighted by Crippen LogP contribution is 2.47. The van der Waals surface area contributed by atoms with Crippen molar-refractivity contribution in [3.05, 3.63) is 53.3 Å². The second kappa shape index (κ2) is 5.71. The van der Waals surface area contributed by atoms with Crippen LogP contribution in [0.3, 0.4) is 0 Å². The van der Waals surface area contributed by atoms with Crippen molar-refractivity contribution < 1.29 is 9.90 Å². The Morgan fingerprint density at radius 3 is 2.64 bits per heavy atom. The van der Waals surface area contributed by atoms with Gasteiger partial charge in [-0.25, -0.2) is 0 Å². The number of aliphatic hydroxyl groups is 1. The van der Waals surface area contributed by atoms with Crippen molar-refractivity contribution in [1.29, 1.82) is 5.26 Å². The zero-order valence-corrected chi connectivity index (χ0v) is 14.0. The Morgan fingerprint density at radius 2 is 2.12 bits per heavy atom. The van der Waals surface area contributed by atoms with Gasteiger partial charge in [0.15, 0.2) is 0 Å². The zero-order valence-electron chi connectivity index (χ0n) is 14.0. The molecular weight excluding hydrogens is 316 g/mol. The van der Waals surface area contributed by atoms with Crippen LogP contribution in [0, 0.1) is 18.3 Å². The van der Waals surface area contributed by atoms with E-state index in [9.17, 15) is 15.2 Å². The molecular formula is C19H20N4O2. The average Bonchev–Trinajstić information content (AvgIpc) is 3.31. The molecule has 0 aliphatic heterocycles. The lowest BCUT2D eigenvalue weighted by molar-refractivity contribution is -0.00590. The number of amides is 1. The van der Waals surface area contributed by atoms with Crippen molar-refractivity contribution in [3.63, 3.8) is 0 Å². The Kier molecular flexibility index (Phi) is 3.62. The van der Waals surface area contributed by atoms with E-state index in [1.165, 1.54) is 0 Å². The van der Waals surface area contributed by atoms with Crippen LogP contribution in [0.1, 0.15) is 46.8 Å². The molecule has 2 saturated carbocycles. The van der Waals surface area contributed by atoms with Gasteiger partial charge in [0, 0.05) is 11.8 Å². The molecule has 0 radical (unpaired) electrons. The fraction of sp³-hybridized carbons (Fsp3) is 0.421. The third-order valence-corrected chi connectivity index (χ3v) is 5.32. The first-order valence-corrected chi connectivity index (χ1v) is 8.54. The third kappa shape index (κ3) is 2.71. The van der Waals surface area contributed by atoms with Gasteiger partial charge in [-0.15, -0.1) is 0 Å². The summed E-state index contributed by atoms with van der Waals surface area (Å²) in [4.78, 5) is 12.5. The van der Waals surface area contributed by atoms with E-state index in [4.69, 9.17) is 0 Å². The lowest BCUT2D eigenvalue weighted by Gasteiger charge is -2.41. The number of nitrogens with one attached hydrogen (secondary N) is 1. The molecule has 0 saturated heterocycles. The van der Waals surface area contributed by atoms with Crippen LogP contribution in [0.4, 0.5) is 0 Å². The predicted octanol–water partition coefficient (Wildman–Crippen LogP) is 1.85. The Labute approximate surface area is 146 Å². The number of nitrogens with zero attached hydrogens (tertiary/aromatic N) is 3. The molecule has 4 rings (SSSR count). The smallest absolute Gasteiger partial charge is 0.251 e. The van der Waals surface area contributed by atoms with Gasteiger partial charge < -0.3 is 10.4 Å². The van der Waals surface area contributed by atoms with Crippen LogP contribution in [-0.4, -0.2) is 32.9 Å². The minimum atomic E-state index is -0.502. The Hall–Kier alpha value is -2.65. The van der Waals surface area contributed by atoms with Crippen LogP contribution in [0.25, 0.3) is 0 Å². The molecule has 2 N–H and O–H groups in total. The number of benzene rings is 1. The highest BCUT2D eigenvalue weighted by molar-refractivity contribution is 5.94. The van der Waals surface area contributed by atoms with Crippen molar-refractivity contribution in [1.82, 2.24) is 15.1 Å². The van der Waals surface area contributed by atoms with E-state index in [0.29, 0.717) is 12.0 Å². The summed E-state index contributed by atoms with van der Waals surface area (Å²) in [5.41, 5.74) is 2.23. The molecule has 2 fully saturated rings. The molecule has 25 heavy (non-hydrogen) atoms. The van der Waals surface area contributed by atoms with Gasteiger partial charge in [0.25, 0.3) is 5.91 Å². The van der Waals surface area contributed by atoms with Gasteiger partial charge in [-0.3, -0.25) is 9.48 Å². The summed E-state index contributed by atoms with van der Waals surface area (Å²) in [5.74, 6) is -0.167. The van der Waals surface area contributed by atoms with Crippen molar-refractivity contribution >= 4 is 5.91 Å². The maximum Gasteiger partial charge on any atom is 0.251 e. The number of carbonyl (C=O) groups is 1. The van der Waals surface area contributed by atoms with Gasteiger partial charge in [0.1, 0.15) is 0 Å². The van der Waals surface area contributed by atoms with E-state index < -0.39 is 6.10 Å². The first-order valence-electron chi connectivity index (χ1n) is 8.54. The maximum absolute atomic E-state index is 12.5. The average molecular weight is 336 g/mol. The molecule has 6 heteroatoms. The fourth-order valence-corrected chi connectivity index (χ4v) is 3.49. The highest BCUT2D eigenvalue weighted by atomic mass is 16.3. The molecule has 0 bridgehead atoms. The third-order valence-electron chi connectivity index (χ3n) is 5.32. The first-order chi connectivity index (χ1) is 12.0. The van der Waals surface area contributed by atoms with E-state index in [2.05, 4.69) is 16.5 Å². The summed E-state index contributed by atoms with van der Waals surface area (Å²) in [6.45, 7) is 1.94. The topological polar surface area (TPSA) is 90.9 Å². The normalized spacial score (nSPS) is 26.4. The number of aryl methyl sites for hydroxylation is 1. The van der Waals surface area contributed by atoms with Gasteiger partial charge in [0.2, 0.25) is 0 Å². The number of aliphatic hydroxyl groups excluding tert-OH is 1. The van der Waals surface area contributed by atoms with Crippen molar-refractivity contribution in [3.8, 4) is 6.07 Å². The van der Waals surface area contributed by atoms with Crippen LogP contribution >= 0.6 is 0 Å². The zero-order chi connectivity index (χ0) is 17.6. The molecule has 2 aromatic rings. The lowest BCUT2D eigenvalue weighted by atomic mass is 9.82.